The summed E-state index contributed by atoms with van der Waals surface area (Å²) in [4.78, 5) is 6.59. The number of benzene rings is 2. The third-order valence-corrected chi connectivity index (χ3v) is 7.69. The molecule has 1 aromatic heterocycles. The lowest BCUT2D eigenvalue weighted by Gasteiger charge is -2.39. The van der Waals surface area contributed by atoms with Gasteiger partial charge in [-0.1, -0.05) is 12.8 Å². The van der Waals surface area contributed by atoms with Crippen molar-refractivity contribution in [3.05, 3.63) is 60.0 Å². The maximum atomic E-state index is 14.2. The molecule has 5 rings (SSSR count). The Morgan fingerprint density at radius 2 is 1.87 bits per heavy atom. The highest BCUT2D eigenvalue weighted by Crippen LogP contribution is 2.36. The van der Waals surface area contributed by atoms with Crippen LogP contribution in [0.2, 0.25) is 0 Å². The first-order chi connectivity index (χ1) is 18.8. The van der Waals surface area contributed by atoms with Crippen LogP contribution in [-0.4, -0.2) is 30.5 Å². The Balaban J connectivity index is 1.20. The minimum Gasteiger partial charge on any atom is -0.424 e. The van der Waals surface area contributed by atoms with Crippen LogP contribution < -0.4 is 15.0 Å². The van der Waals surface area contributed by atoms with Gasteiger partial charge in [0.2, 0.25) is 0 Å². The molecule has 2 fully saturated rings. The van der Waals surface area contributed by atoms with Crippen molar-refractivity contribution in [3.63, 3.8) is 0 Å². The third-order valence-electron chi connectivity index (χ3n) is 7.69. The van der Waals surface area contributed by atoms with E-state index in [0.717, 1.165) is 57.3 Å². The summed E-state index contributed by atoms with van der Waals surface area (Å²) in [7, 11) is 0. The molecule has 1 N–H and O–H groups in total. The number of alkyl halides is 3. The van der Waals surface area contributed by atoms with Gasteiger partial charge in [0.15, 0.2) is 5.76 Å². The molecule has 10 heteroatoms. The van der Waals surface area contributed by atoms with Crippen LogP contribution in [0.25, 0.3) is 11.3 Å². The van der Waals surface area contributed by atoms with Gasteiger partial charge in [-0.2, -0.15) is 5.26 Å². The maximum absolute atomic E-state index is 14.2. The molecule has 2 heterocycles. The zero-order valence-corrected chi connectivity index (χ0v) is 21.4. The van der Waals surface area contributed by atoms with Crippen LogP contribution in [0.5, 0.6) is 5.75 Å². The zero-order chi connectivity index (χ0) is 27.4. The summed E-state index contributed by atoms with van der Waals surface area (Å²) in [6, 6.07) is 12.8. The van der Waals surface area contributed by atoms with Gasteiger partial charge in [-0.25, -0.2) is 9.37 Å². The summed E-state index contributed by atoms with van der Waals surface area (Å²) < 4.78 is 61.3. The Hall–Kier alpha value is -3.74. The highest BCUT2D eigenvalue weighted by atomic mass is 19.4. The van der Waals surface area contributed by atoms with E-state index in [2.05, 4.69) is 19.9 Å². The maximum Gasteiger partial charge on any atom is 0.573 e. The zero-order valence-electron chi connectivity index (χ0n) is 21.4. The van der Waals surface area contributed by atoms with Crippen molar-refractivity contribution in [3.8, 4) is 23.1 Å². The molecule has 3 aromatic rings. The van der Waals surface area contributed by atoms with E-state index in [1.165, 1.54) is 36.8 Å². The van der Waals surface area contributed by atoms with Gasteiger partial charge in [-0.3, -0.25) is 0 Å². The first-order valence-electron chi connectivity index (χ1n) is 13.3. The van der Waals surface area contributed by atoms with E-state index in [0.29, 0.717) is 29.2 Å². The van der Waals surface area contributed by atoms with Crippen molar-refractivity contribution < 1.29 is 26.7 Å². The van der Waals surface area contributed by atoms with E-state index in [4.69, 9.17) is 9.68 Å². The van der Waals surface area contributed by atoms with Gasteiger partial charge in [0.1, 0.15) is 17.6 Å². The van der Waals surface area contributed by atoms with Crippen molar-refractivity contribution >= 4 is 11.7 Å². The molecule has 2 aromatic carbocycles. The van der Waals surface area contributed by atoms with E-state index in [-0.39, 0.29) is 17.4 Å². The number of ether oxygens (including phenoxy) is 1. The topological polar surface area (TPSA) is 74.3 Å². The van der Waals surface area contributed by atoms with Crippen LogP contribution in [0.3, 0.4) is 0 Å². The molecule has 1 saturated carbocycles. The summed E-state index contributed by atoms with van der Waals surface area (Å²) in [5.41, 5.74) is 1.48. The highest BCUT2D eigenvalue weighted by Gasteiger charge is 2.32. The van der Waals surface area contributed by atoms with Crippen molar-refractivity contribution in [1.82, 2.24) is 4.98 Å². The second-order valence-corrected chi connectivity index (χ2v) is 10.4. The molecule has 0 amide bonds. The summed E-state index contributed by atoms with van der Waals surface area (Å²) in [5.74, 6) is 0.600. The quantitative estimate of drug-likeness (QED) is 0.311. The second kappa shape index (κ2) is 11.6. The molecule has 0 unspecified atom stereocenters. The van der Waals surface area contributed by atoms with E-state index in [9.17, 15) is 17.6 Å². The number of nitriles is 1. The van der Waals surface area contributed by atoms with E-state index < -0.39 is 12.2 Å². The lowest BCUT2D eigenvalue weighted by atomic mass is 9.77. The Bertz CT molecular complexity index is 1300. The second-order valence-electron chi connectivity index (χ2n) is 10.4. The monoisotopic (exact) mass is 542 g/mol. The number of halogens is 4. The van der Waals surface area contributed by atoms with Gasteiger partial charge < -0.3 is 19.4 Å². The van der Waals surface area contributed by atoms with Crippen LogP contribution >= 0.6 is 0 Å². The molecule has 0 bridgehead atoms. The number of hydrogen-bond donors (Lipinski definition) is 1. The van der Waals surface area contributed by atoms with Gasteiger partial charge in [-0.05, 0) is 86.4 Å². The molecule has 39 heavy (non-hydrogen) atoms. The fourth-order valence-corrected chi connectivity index (χ4v) is 5.85. The van der Waals surface area contributed by atoms with Gasteiger partial charge in [0.05, 0.1) is 11.8 Å². The standard InChI is InChI=1S/C29H30F4N4O2/c30-25-15-23(10-7-22(25)16-34)37-13-3-4-19(18-37)14-21-5-1-2-6-26(21)36-28-35-17-27(38-28)20-8-11-24(12-9-20)39-29(31,32)33/h7-12,15,17,19,21,26H,1-6,13-14,18H2,(H,35,36)/t19-,21+,26-/m1/s1. The molecule has 3 atom stereocenters. The number of oxazole rings is 1. The van der Waals surface area contributed by atoms with Crippen molar-refractivity contribution in [1.29, 1.82) is 5.26 Å². The molecule has 206 valence electrons. The van der Waals surface area contributed by atoms with E-state index >= 15 is 0 Å². The van der Waals surface area contributed by atoms with Crippen LogP contribution in [-0.2, 0) is 0 Å². The van der Waals surface area contributed by atoms with E-state index in [1.807, 2.05) is 12.1 Å². The predicted octanol–water partition coefficient (Wildman–Crippen LogP) is 7.53. The number of nitrogens with zero attached hydrogens (tertiary/aromatic N) is 3. The Morgan fingerprint density at radius 1 is 1.08 bits per heavy atom. The first kappa shape index (κ1) is 26.9. The van der Waals surface area contributed by atoms with Gasteiger partial charge in [0, 0.05) is 30.4 Å². The summed E-state index contributed by atoms with van der Waals surface area (Å²) >= 11 is 0. The molecule has 6 nitrogen and oxygen atoms in total. The Morgan fingerprint density at radius 3 is 2.62 bits per heavy atom. The minimum atomic E-state index is -4.74. The number of anilines is 2. The number of rotatable bonds is 7. The minimum absolute atomic E-state index is 0.0607. The number of hydrogen-bond acceptors (Lipinski definition) is 6. The summed E-state index contributed by atoms with van der Waals surface area (Å²) in [6.07, 6.45) is 4.42. The number of piperidine rings is 1. The molecule has 1 saturated heterocycles. The predicted molar refractivity (Wildman–Crippen MR) is 139 cm³/mol. The molecule has 0 spiro atoms. The molecule has 2 aliphatic rings. The average molecular weight is 543 g/mol. The van der Waals surface area contributed by atoms with Crippen molar-refractivity contribution in [2.24, 2.45) is 11.8 Å². The summed E-state index contributed by atoms with van der Waals surface area (Å²) in [6.45, 7) is 1.72. The van der Waals surface area contributed by atoms with Crippen LogP contribution in [0.15, 0.2) is 53.1 Å². The van der Waals surface area contributed by atoms with Crippen LogP contribution in [0.4, 0.5) is 29.3 Å². The fraction of sp³-hybridized carbons (Fsp3) is 0.448. The Kier molecular flexibility index (Phi) is 7.96. The van der Waals surface area contributed by atoms with Gasteiger partial charge >= 0.3 is 6.36 Å². The molecule has 1 aliphatic carbocycles. The molecule has 0 radical (unpaired) electrons. The van der Waals surface area contributed by atoms with Crippen molar-refractivity contribution in [2.45, 2.75) is 57.3 Å². The smallest absolute Gasteiger partial charge is 0.424 e. The SMILES string of the molecule is N#Cc1ccc(N2CCC[C@H](C[C@@H]3CCCC[C@H]3Nc3ncc(-c4ccc(OC(F)(F)F)cc4)o3)C2)cc1F. The average Bonchev–Trinajstić information content (AvgIpc) is 3.38. The normalized spacial score (nSPS) is 21.8. The first-order valence-corrected chi connectivity index (χ1v) is 13.3. The molecular formula is C29H30F4N4O2. The Labute approximate surface area is 224 Å². The van der Waals surface area contributed by atoms with Crippen molar-refractivity contribution in [2.75, 3.05) is 23.3 Å². The van der Waals surface area contributed by atoms with E-state index in [1.54, 1.807) is 12.3 Å². The number of aromatic nitrogens is 1. The fourth-order valence-electron chi connectivity index (χ4n) is 5.85. The summed E-state index contributed by atoms with van der Waals surface area (Å²) in [5, 5.41) is 12.5. The number of nitrogens with one attached hydrogen (secondary N) is 1. The van der Waals surface area contributed by atoms with Crippen LogP contribution in [0, 0.1) is 29.0 Å². The van der Waals surface area contributed by atoms with Gasteiger partial charge in [0.25, 0.3) is 6.01 Å². The van der Waals surface area contributed by atoms with Gasteiger partial charge in [-0.15, -0.1) is 13.2 Å². The lowest BCUT2D eigenvalue weighted by molar-refractivity contribution is -0.274. The lowest BCUT2D eigenvalue weighted by Crippen LogP contribution is -2.39. The van der Waals surface area contributed by atoms with Crippen LogP contribution in [0.1, 0.15) is 50.5 Å². The highest BCUT2D eigenvalue weighted by molar-refractivity contribution is 5.58. The largest absolute Gasteiger partial charge is 0.573 e. The molecular weight excluding hydrogens is 512 g/mol. The molecule has 1 aliphatic heterocycles. The third kappa shape index (κ3) is 6.83.